The van der Waals surface area contributed by atoms with Crippen molar-refractivity contribution in [3.8, 4) is 10.6 Å². The third kappa shape index (κ3) is 4.76. The van der Waals surface area contributed by atoms with Gasteiger partial charge in [0.15, 0.2) is 0 Å². The van der Waals surface area contributed by atoms with Crippen molar-refractivity contribution in [1.29, 1.82) is 0 Å². The number of aryl methyl sites for hydroxylation is 2. The normalized spacial score (nSPS) is 12.9. The standard InChI is InChI=1S/C19H22FN5OS.ClH/c1-11(23-18(26)16(21-3)14-9-22-25(4)10-14)17-12(2)24-19(27-17)13-5-7-15(20)8-6-13;/h5-11,16,21H,1-4H3,(H,23,26);1H. The molecule has 1 aromatic carbocycles. The Labute approximate surface area is 173 Å². The number of rotatable bonds is 6. The van der Waals surface area contributed by atoms with Crippen molar-refractivity contribution in [3.05, 3.63) is 58.6 Å². The van der Waals surface area contributed by atoms with Gasteiger partial charge in [0.2, 0.25) is 5.91 Å². The largest absolute Gasteiger partial charge is 0.347 e. The molecule has 2 N–H and O–H groups in total. The summed E-state index contributed by atoms with van der Waals surface area (Å²) >= 11 is 1.50. The maximum Gasteiger partial charge on any atom is 0.242 e. The van der Waals surface area contributed by atoms with Crippen LogP contribution in [0, 0.1) is 12.7 Å². The van der Waals surface area contributed by atoms with Gasteiger partial charge in [-0.05, 0) is 45.2 Å². The fourth-order valence-corrected chi connectivity index (χ4v) is 4.00. The van der Waals surface area contributed by atoms with Crippen molar-refractivity contribution in [2.24, 2.45) is 7.05 Å². The lowest BCUT2D eigenvalue weighted by atomic mass is 10.1. The lowest BCUT2D eigenvalue weighted by molar-refractivity contribution is -0.123. The van der Waals surface area contributed by atoms with Gasteiger partial charge in [-0.25, -0.2) is 9.37 Å². The number of halogens is 2. The Hall–Kier alpha value is -2.29. The number of thiazole rings is 1. The van der Waals surface area contributed by atoms with E-state index in [-0.39, 0.29) is 30.2 Å². The molecule has 2 unspecified atom stereocenters. The van der Waals surface area contributed by atoms with E-state index in [0.717, 1.165) is 26.7 Å². The summed E-state index contributed by atoms with van der Waals surface area (Å²) in [5, 5.41) is 11.0. The Morgan fingerprint density at radius 3 is 2.54 bits per heavy atom. The highest BCUT2D eigenvalue weighted by molar-refractivity contribution is 7.15. The molecule has 0 radical (unpaired) electrons. The van der Waals surface area contributed by atoms with Gasteiger partial charge < -0.3 is 10.6 Å². The number of carbonyl (C=O) groups excluding carboxylic acids is 1. The minimum atomic E-state index is -0.481. The zero-order chi connectivity index (χ0) is 19.6. The Balaban J connectivity index is 0.00000280. The zero-order valence-corrected chi connectivity index (χ0v) is 17.7. The molecular formula is C19H23ClFN5OS. The van der Waals surface area contributed by atoms with Crippen LogP contribution in [0.2, 0.25) is 0 Å². The van der Waals surface area contributed by atoms with Gasteiger partial charge in [-0.3, -0.25) is 9.48 Å². The van der Waals surface area contributed by atoms with Crippen LogP contribution in [0.15, 0.2) is 36.7 Å². The van der Waals surface area contributed by atoms with Gasteiger partial charge in [0, 0.05) is 24.4 Å². The number of hydrogen-bond acceptors (Lipinski definition) is 5. The average Bonchev–Trinajstić information content (AvgIpc) is 3.22. The number of nitrogens with zero attached hydrogens (tertiary/aromatic N) is 3. The molecule has 28 heavy (non-hydrogen) atoms. The maximum absolute atomic E-state index is 13.1. The Morgan fingerprint density at radius 1 is 1.29 bits per heavy atom. The number of benzene rings is 1. The van der Waals surface area contributed by atoms with Crippen LogP contribution < -0.4 is 10.6 Å². The molecule has 2 atom stereocenters. The van der Waals surface area contributed by atoms with Gasteiger partial charge in [0.1, 0.15) is 16.9 Å². The topological polar surface area (TPSA) is 71.8 Å². The van der Waals surface area contributed by atoms with Crippen LogP contribution in [-0.2, 0) is 11.8 Å². The smallest absolute Gasteiger partial charge is 0.242 e. The number of nitrogens with one attached hydrogen (secondary N) is 2. The fraction of sp³-hybridized carbons (Fsp3) is 0.316. The van der Waals surface area contributed by atoms with E-state index >= 15 is 0 Å². The monoisotopic (exact) mass is 423 g/mol. The summed E-state index contributed by atoms with van der Waals surface area (Å²) in [7, 11) is 3.56. The molecule has 0 saturated heterocycles. The van der Waals surface area contributed by atoms with E-state index in [0.29, 0.717) is 0 Å². The highest BCUT2D eigenvalue weighted by Gasteiger charge is 2.24. The molecule has 1 amide bonds. The summed E-state index contributed by atoms with van der Waals surface area (Å²) in [4.78, 5) is 18.3. The van der Waals surface area contributed by atoms with E-state index in [9.17, 15) is 9.18 Å². The van der Waals surface area contributed by atoms with Gasteiger partial charge in [-0.1, -0.05) is 0 Å². The molecule has 0 fully saturated rings. The molecule has 0 aliphatic heterocycles. The first-order chi connectivity index (χ1) is 12.9. The van der Waals surface area contributed by atoms with Crippen molar-refractivity contribution >= 4 is 29.7 Å². The van der Waals surface area contributed by atoms with Crippen molar-refractivity contribution < 1.29 is 9.18 Å². The molecule has 2 heterocycles. The van der Waals surface area contributed by atoms with E-state index < -0.39 is 6.04 Å². The molecule has 9 heteroatoms. The van der Waals surface area contributed by atoms with Crippen molar-refractivity contribution in [2.75, 3.05) is 7.05 Å². The van der Waals surface area contributed by atoms with E-state index in [1.165, 1.54) is 23.5 Å². The van der Waals surface area contributed by atoms with E-state index in [2.05, 4.69) is 20.7 Å². The molecule has 0 bridgehead atoms. The fourth-order valence-electron chi connectivity index (χ4n) is 2.93. The van der Waals surface area contributed by atoms with Crippen LogP contribution in [0.1, 0.15) is 35.1 Å². The van der Waals surface area contributed by atoms with Crippen LogP contribution in [0.5, 0.6) is 0 Å². The van der Waals surface area contributed by atoms with Crippen LogP contribution in [0.25, 0.3) is 10.6 Å². The SMILES string of the molecule is CNC(C(=O)NC(C)c1sc(-c2ccc(F)cc2)nc1C)c1cnn(C)c1.Cl. The summed E-state index contributed by atoms with van der Waals surface area (Å²) in [6.45, 7) is 3.85. The van der Waals surface area contributed by atoms with Crippen LogP contribution in [-0.4, -0.2) is 27.7 Å². The molecule has 6 nitrogen and oxygen atoms in total. The predicted molar refractivity (Wildman–Crippen MR) is 111 cm³/mol. The van der Waals surface area contributed by atoms with E-state index in [1.54, 1.807) is 30.1 Å². The zero-order valence-electron chi connectivity index (χ0n) is 16.1. The molecule has 2 aromatic heterocycles. The summed E-state index contributed by atoms with van der Waals surface area (Å²) in [6.07, 6.45) is 3.49. The van der Waals surface area contributed by atoms with Crippen LogP contribution in [0.4, 0.5) is 4.39 Å². The highest BCUT2D eigenvalue weighted by Crippen LogP contribution is 2.32. The Bertz CT molecular complexity index is 940. The molecule has 0 aliphatic rings. The first kappa shape index (κ1) is 22.0. The molecule has 150 valence electrons. The number of likely N-dealkylation sites (N-methyl/N-ethyl adjacent to an activating group) is 1. The first-order valence-corrected chi connectivity index (χ1v) is 9.40. The van der Waals surface area contributed by atoms with Crippen molar-refractivity contribution in [2.45, 2.75) is 25.9 Å². The summed E-state index contributed by atoms with van der Waals surface area (Å²) < 4.78 is 14.8. The highest BCUT2D eigenvalue weighted by atomic mass is 35.5. The number of hydrogen-bond donors (Lipinski definition) is 2. The summed E-state index contributed by atoms with van der Waals surface area (Å²) in [5.41, 5.74) is 2.52. The third-order valence-corrected chi connectivity index (χ3v) is 5.67. The molecule has 0 spiro atoms. The molecule has 3 aromatic rings. The average molecular weight is 424 g/mol. The lowest BCUT2D eigenvalue weighted by Gasteiger charge is -2.18. The quantitative estimate of drug-likeness (QED) is 0.636. The summed E-state index contributed by atoms with van der Waals surface area (Å²) in [5.74, 6) is -0.407. The van der Waals surface area contributed by atoms with Crippen LogP contribution >= 0.6 is 23.7 Å². The second-order valence-corrected chi connectivity index (χ2v) is 7.41. The van der Waals surface area contributed by atoms with Crippen molar-refractivity contribution in [3.63, 3.8) is 0 Å². The van der Waals surface area contributed by atoms with Gasteiger partial charge >= 0.3 is 0 Å². The van der Waals surface area contributed by atoms with Gasteiger partial charge in [0.05, 0.1) is 22.8 Å². The Morgan fingerprint density at radius 2 is 1.96 bits per heavy atom. The van der Waals surface area contributed by atoms with E-state index in [1.807, 2.05) is 27.1 Å². The van der Waals surface area contributed by atoms with Crippen molar-refractivity contribution in [1.82, 2.24) is 25.4 Å². The molecule has 3 rings (SSSR count). The molecular weight excluding hydrogens is 401 g/mol. The number of carbonyl (C=O) groups is 1. The van der Waals surface area contributed by atoms with Gasteiger partial charge in [-0.15, -0.1) is 23.7 Å². The molecule has 0 aliphatic carbocycles. The summed E-state index contributed by atoms with van der Waals surface area (Å²) in [6, 6.07) is 5.58. The van der Waals surface area contributed by atoms with E-state index in [4.69, 9.17) is 0 Å². The second-order valence-electron chi connectivity index (χ2n) is 6.37. The number of aromatic nitrogens is 3. The second kappa shape index (κ2) is 9.27. The van der Waals surface area contributed by atoms with Crippen LogP contribution in [0.3, 0.4) is 0 Å². The van der Waals surface area contributed by atoms with Gasteiger partial charge in [-0.2, -0.15) is 5.10 Å². The third-order valence-electron chi connectivity index (χ3n) is 4.28. The lowest BCUT2D eigenvalue weighted by Crippen LogP contribution is -2.37. The molecule has 0 saturated carbocycles. The maximum atomic E-state index is 13.1. The Kier molecular flexibility index (Phi) is 7.29. The first-order valence-electron chi connectivity index (χ1n) is 8.58. The number of amides is 1. The minimum Gasteiger partial charge on any atom is -0.347 e. The predicted octanol–water partition coefficient (Wildman–Crippen LogP) is 3.55. The minimum absolute atomic E-state index is 0. The van der Waals surface area contributed by atoms with Gasteiger partial charge in [0.25, 0.3) is 0 Å².